The van der Waals surface area contributed by atoms with E-state index in [-0.39, 0.29) is 43.7 Å². The minimum atomic E-state index is -3.63. The third kappa shape index (κ3) is 8.65. The zero-order chi connectivity index (χ0) is 26.2. The Hall–Kier alpha value is -2.94. The Morgan fingerprint density at radius 2 is 1.66 bits per heavy atom. The number of nitrogens with one attached hydrogen (secondary N) is 1. The number of rotatable bonds is 12. The molecule has 0 aliphatic rings. The molecule has 9 heteroatoms. The van der Waals surface area contributed by atoms with Gasteiger partial charge in [-0.2, -0.15) is 0 Å². The molecule has 1 unspecified atom stereocenters. The Balaban J connectivity index is 2.16. The van der Waals surface area contributed by atoms with E-state index < -0.39 is 21.9 Å². The molecule has 0 aliphatic heterocycles. The van der Waals surface area contributed by atoms with Gasteiger partial charge >= 0.3 is 0 Å². The van der Waals surface area contributed by atoms with E-state index in [0.717, 1.165) is 21.7 Å². The minimum Gasteiger partial charge on any atom is -0.354 e. The van der Waals surface area contributed by atoms with Gasteiger partial charge in [0.2, 0.25) is 21.8 Å². The third-order valence-electron chi connectivity index (χ3n) is 5.72. The number of aryl methyl sites for hydroxylation is 1. The molecule has 1 N–H and O–H groups in total. The molecule has 192 valence electrons. The van der Waals surface area contributed by atoms with Gasteiger partial charge in [0.25, 0.3) is 0 Å². The highest BCUT2D eigenvalue weighted by Crippen LogP contribution is 2.20. The molecular weight excluding hydrogens is 469 g/mol. The first kappa shape index (κ1) is 28.3. The zero-order valence-electron chi connectivity index (χ0n) is 21.1. The Labute approximate surface area is 208 Å². The molecule has 2 aromatic rings. The Bertz CT molecular complexity index is 1100. The summed E-state index contributed by atoms with van der Waals surface area (Å²) in [5.74, 6) is -0.660. The Morgan fingerprint density at radius 3 is 2.23 bits per heavy atom. The molecule has 0 radical (unpaired) electrons. The van der Waals surface area contributed by atoms with Crippen molar-refractivity contribution in [3.8, 4) is 0 Å². The maximum atomic E-state index is 13.3. The first-order chi connectivity index (χ1) is 16.4. The number of carbonyl (C=O) groups is 2. The predicted molar refractivity (Wildman–Crippen MR) is 137 cm³/mol. The van der Waals surface area contributed by atoms with Crippen LogP contribution in [0.15, 0.2) is 48.5 Å². The third-order valence-corrected chi connectivity index (χ3v) is 6.91. The first-order valence-electron chi connectivity index (χ1n) is 11.7. The molecule has 1 atom stereocenters. The molecule has 0 heterocycles. The molecule has 0 aliphatic carbocycles. The lowest BCUT2D eigenvalue weighted by Gasteiger charge is -2.30. The van der Waals surface area contributed by atoms with Crippen molar-refractivity contribution in [2.45, 2.75) is 53.1 Å². The predicted octanol–water partition coefficient (Wildman–Crippen LogP) is 3.87. The monoisotopic (exact) mass is 505 g/mol. The van der Waals surface area contributed by atoms with Crippen LogP contribution in [0.3, 0.4) is 0 Å². The lowest BCUT2D eigenvalue weighted by atomic mass is 10.1. The van der Waals surface area contributed by atoms with Gasteiger partial charge in [0.05, 0.1) is 11.9 Å². The van der Waals surface area contributed by atoms with Crippen LogP contribution in [0.1, 0.15) is 44.7 Å². The maximum absolute atomic E-state index is 13.3. The van der Waals surface area contributed by atoms with Gasteiger partial charge < -0.3 is 10.2 Å². The average Bonchev–Trinajstić information content (AvgIpc) is 2.79. The molecule has 0 bridgehead atoms. The number of hydrogen-bond donors (Lipinski definition) is 1. The molecule has 0 aromatic heterocycles. The summed E-state index contributed by atoms with van der Waals surface area (Å²) in [7, 11) is -3.63. The molecule has 2 aromatic carbocycles. The van der Waals surface area contributed by atoms with E-state index in [1.807, 2.05) is 45.0 Å². The molecular formula is C26H36FN3O4S. The van der Waals surface area contributed by atoms with E-state index in [2.05, 4.69) is 5.32 Å². The second kappa shape index (κ2) is 12.7. The quantitative estimate of drug-likeness (QED) is 0.475. The molecule has 0 fully saturated rings. The van der Waals surface area contributed by atoms with Gasteiger partial charge in [0, 0.05) is 26.1 Å². The number of anilines is 1. The van der Waals surface area contributed by atoms with Crippen molar-refractivity contribution in [2.75, 3.05) is 23.7 Å². The summed E-state index contributed by atoms with van der Waals surface area (Å²) in [6, 6.07) is 12.2. The zero-order valence-corrected chi connectivity index (χ0v) is 21.9. The van der Waals surface area contributed by atoms with E-state index in [1.54, 1.807) is 11.8 Å². The van der Waals surface area contributed by atoms with Crippen molar-refractivity contribution >= 4 is 27.5 Å². The van der Waals surface area contributed by atoms with Gasteiger partial charge in [0.1, 0.15) is 11.9 Å². The fourth-order valence-corrected chi connectivity index (χ4v) is 4.58. The van der Waals surface area contributed by atoms with Gasteiger partial charge in [-0.25, -0.2) is 12.8 Å². The van der Waals surface area contributed by atoms with Gasteiger partial charge in [-0.15, -0.1) is 0 Å². The highest BCUT2D eigenvalue weighted by atomic mass is 32.2. The van der Waals surface area contributed by atoms with E-state index in [4.69, 9.17) is 0 Å². The summed E-state index contributed by atoms with van der Waals surface area (Å²) >= 11 is 0. The van der Waals surface area contributed by atoms with Crippen LogP contribution in [0.5, 0.6) is 0 Å². The van der Waals surface area contributed by atoms with Gasteiger partial charge in [0.15, 0.2) is 0 Å². The van der Waals surface area contributed by atoms with E-state index in [1.165, 1.54) is 24.3 Å². The normalized spacial score (nSPS) is 12.3. The van der Waals surface area contributed by atoms with Crippen LogP contribution < -0.4 is 9.62 Å². The van der Waals surface area contributed by atoms with Gasteiger partial charge in [-0.3, -0.25) is 13.9 Å². The van der Waals surface area contributed by atoms with Crippen LogP contribution in [0.4, 0.5) is 10.1 Å². The highest BCUT2D eigenvalue weighted by Gasteiger charge is 2.27. The lowest BCUT2D eigenvalue weighted by Crippen LogP contribution is -2.48. The summed E-state index contributed by atoms with van der Waals surface area (Å²) in [6.45, 7) is 8.49. The van der Waals surface area contributed by atoms with Crippen molar-refractivity contribution in [3.63, 3.8) is 0 Å². The largest absolute Gasteiger partial charge is 0.354 e. The molecule has 35 heavy (non-hydrogen) atoms. The maximum Gasteiger partial charge on any atom is 0.242 e. The number of sulfonamides is 1. The molecule has 0 saturated heterocycles. The summed E-state index contributed by atoms with van der Waals surface area (Å²) in [5, 5.41) is 2.89. The van der Waals surface area contributed by atoms with Crippen LogP contribution in [0, 0.1) is 18.7 Å². The van der Waals surface area contributed by atoms with Crippen LogP contribution >= 0.6 is 0 Å². The van der Waals surface area contributed by atoms with Crippen LogP contribution in [0.25, 0.3) is 0 Å². The number of amides is 2. The van der Waals surface area contributed by atoms with Crippen molar-refractivity contribution in [2.24, 2.45) is 5.92 Å². The standard InChI is InChI=1S/C26H36FN3O4S/c1-19(2)17-28-26(32)21(4)29(18-22-10-7-6-9-20(22)3)25(31)11-8-16-30(35(5,33)34)24-14-12-23(27)13-15-24/h6-7,9-10,12-15,19,21H,8,11,16-18H2,1-5H3,(H,28,32). The summed E-state index contributed by atoms with van der Waals surface area (Å²) < 4.78 is 39.1. The Morgan fingerprint density at radius 1 is 1.03 bits per heavy atom. The van der Waals surface area contributed by atoms with E-state index >= 15 is 0 Å². The minimum absolute atomic E-state index is 0.0564. The number of nitrogens with zero attached hydrogens (tertiary/aromatic N) is 2. The second-order valence-corrected chi connectivity index (χ2v) is 11.1. The number of carbonyl (C=O) groups excluding carboxylic acids is 2. The van der Waals surface area contributed by atoms with Crippen molar-refractivity contribution in [3.05, 3.63) is 65.5 Å². The van der Waals surface area contributed by atoms with E-state index in [0.29, 0.717) is 12.2 Å². The smallest absolute Gasteiger partial charge is 0.242 e. The molecule has 0 spiro atoms. The fourth-order valence-electron chi connectivity index (χ4n) is 3.62. The summed E-state index contributed by atoms with van der Waals surface area (Å²) in [6.07, 6.45) is 1.37. The number of hydrogen-bond acceptors (Lipinski definition) is 4. The molecule has 2 amide bonds. The molecule has 0 saturated carbocycles. The first-order valence-corrected chi connectivity index (χ1v) is 13.6. The van der Waals surface area contributed by atoms with Gasteiger partial charge in [-0.05, 0) is 61.6 Å². The topological polar surface area (TPSA) is 86.8 Å². The number of benzene rings is 2. The van der Waals surface area contributed by atoms with Crippen LogP contribution in [-0.4, -0.2) is 50.5 Å². The van der Waals surface area contributed by atoms with Crippen LogP contribution in [0.2, 0.25) is 0 Å². The van der Waals surface area contributed by atoms with Crippen molar-refractivity contribution < 1.29 is 22.4 Å². The van der Waals surface area contributed by atoms with Crippen molar-refractivity contribution in [1.82, 2.24) is 10.2 Å². The van der Waals surface area contributed by atoms with E-state index in [9.17, 15) is 22.4 Å². The van der Waals surface area contributed by atoms with Gasteiger partial charge in [-0.1, -0.05) is 38.1 Å². The Kier molecular flexibility index (Phi) is 10.2. The summed E-state index contributed by atoms with van der Waals surface area (Å²) in [5.41, 5.74) is 2.28. The number of halogens is 1. The molecule has 7 nitrogen and oxygen atoms in total. The average molecular weight is 506 g/mol. The molecule has 2 rings (SSSR count). The summed E-state index contributed by atoms with van der Waals surface area (Å²) in [4.78, 5) is 27.6. The second-order valence-electron chi connectivity index (χ2n) is 9.18. The SMILES string of the molecule is Cc1ccccc1CN(C(=O)CCCN(c1ccc(F)cc1)S(C)(=O)=O)C(C)C(=O)NCC(C)C. The lowest BCUT2D eigenvalue weighted by molar-refractivity contribution is -0.140. The van der Waals surface area contributed by atoms with Crippen LogP contribution in [-0.2, 0) is 26.2 Å². The fraction of sp³-hybridized carbons (Fsp3) is 0.462. The highest BCUT2D eigenvalue weighted by molar-refractivity contribution is 7.92. The van der Waals surface area contributed by atoms with Crippen molar-refractivity contribution in [1.29, 1.82) is 0 Å².